The average Bonchev–Trinajstić information content (AvgIpc) is 2.36. The molecule has 1 aliphatic carbocycles. The maximum Gasteiger partial charge on any atom is 0.152 e. The first-order valence-electron chi connectivity index (χ1n) is 7.61. The molecule has 5 heteroatoms. The Balaban J connectivity index is 1.83. The topological polar surface area (TPSA) is 57.6 Å². The van der Waals surface area contributed by atoms with Crippen molar-refractivity contribution < 1.29 is 13.5 Å². The number of rotatable bonds is 4. The summed E-state index contributed by atoms with van der Waals surface area (Å²) in [5.41, 5.74) is 0. The monoisotopic (exact) mass is 289 g/mol. The Morgan fingerprint density at radius 2 is 1.89 bits per heavy atom. The Morgan fingerprint density at radius 1 is 1.21 bits per heavy atom. The fourth-order valence-electron chi connectivity index (χ4n) is 3.48. The highest BCUT2D eigenvalue weighted by Gasteiger charge is 2.31. The van der Waals surface area contributed by atoms with Gasteiger partial charge in [-0.1, -0.05) is 19.8 Å². The van der Waals surface area contributed by atoms with Gasteiger partial charge in [0, 0.05) is 19.6 Å². The molecule has 3 unspecified atom stereocenters. The van der Waals surface area contributed by atoms with E-state index in [9.17, 15) is 13.5 Å². The molecule has 0 radical (unpaired) electrons. The van der Waals surface area contributed by atoms with E-state index >= 15 is 0 Å². The molecule has 0 amide bonds. The molecule has 0 bridgehead atoms. The number of nitrogens with zero attached hydrogens (tertiary/aromatic N) is 1. The van der Waals surface area contributed by atoms with Crippen LogP contribution in [0.2, 0.25) is 0 Å². The first-order chi connectivity index (χ1) is 9.00. The van der Waals surface area contributed by atoms with Gasteiger partial charge in [-0.3, -0.25) is 0 Å². The number of aliphatic hydroxyl groups excluding tert-OH is 1. The molecule has 1 saturated heterocycles. The van der Waals surface area contributed by atoms with E-state index in [2.05, 4.69) is 11.8 Å². The van der Waals surface area contributed by atoms with Crippen molar-refractivity contribution in [3.05, 3.63) is 0 Å². The van der Waals surface area contributed by atoms with Gasteiger partial charge in [0.25, 0.3) is 0 Å². The van der Waals surface area contributed by atoms with Crippen LogP contribution in [0.1, 0.15) is 39.0 Å². The zero-order chi connectivity index (χ0) is 13.9. The van der Waals surface area contributed by atoms with Gasteiger partial charge >= 0.3 is 0 Å². The summed E-state index contributed by atoms with van der Waals surface area (Å²) in [7, 11) is -2.79. The van der Waals surface area contributed by atoms with Gasteiger partial charge in [-0.15, -0.1) is 0 Å². The summed E-state index contributed by atoms with van der Waals surface area (Å²) in [6, 6.07) is 0. The summed E-state index contributed by atoms with van der Waals surface area (Å²) in [5, 5.41) is 10.1. The summed E-state index contributed by atoms with van der Waals surface area (Å²) in [6.45, 7) is 4.38. The van der Waals surface area contributed by atoms with Crippen LogP contribution in [0.3, 0.4) is 0 Å². The highest BCUT2D eigenvalue weighted by Crippen LogP contribution is 2.32. The van der Waals surface area contributed by atoms with Crippen molar-refractivity contribution in [1.29, 1.82) is 0 Å². The quantitative estimate of drug-likeness (QED) is 0.847. The van der Waals surface area contributed by atoms with Crippen LogP contribution in [-0.4, -0.2) is 55.7 Å². The largest absolute Gasteiger partial charge is 0.393 e. The van der Waals surface area contributed by atoms with E-state index in [1.165, 1.54) is 12.8 Å². The predicted molar refractivity (Wildman–Crippen MR) is 76.8 cm³/mol. The van der Waals surface area contributed by atoms with Crippen LogP contribution in [0.25, 0.3) is 0 Å². The van der Waals surface area contributed by atoms with Gasteiger partial charge < -0.3 is 10.0 Å². The van der Waals surface area contributed by atoms with Crippen molar-refractivity contribution in [1.82, 2.24) is 4.90 Å². The molecule has 2 rings (SSSR count). The van der Waals surface area contributed by atoms with Crippen molar-refractivity contribution in [3.63, 3.8) is 0 Å². The number of hydrogen-bond acceptors (Lipinski definition) is 4. The normalized spacial score (nSPS) is 36.2. The van der Waals surface area contributed by atoms with Crippen LogP contribution >= 0.6 is 0 Å². The number of aliphatic hydroxyl groups is 1. The molecule has 1 heterocycles. The molecule has 0 aromatic rings. The van der Waals surface area contributed by atoms with Gasteiger partial charge in [-0.25, -0.2) is 8.42 Å². The highest BCUT2D eigenvalue weighted by molar-refractivity contribution is 7.91. The lowest BCUT2D eigenvalue weighted by atomic mass is 9.77. The van der Waals surface area contributed by atoms with E-state index < -0.39 is 9.84 Å². The van der Waals surface area contributed by atoms with Crippen LogP contribution in [0, 0.1) is 11.8 Å². The zero-order valence-electron chi connectivity index (χ0n) is 11.9. The first-order valence-corrected chi connectivity index (χ1v) is 9.43. The van der Waals surface area contributed by atoms with Gasteiger partial charge in [0.05, 0.1) is 17.6 Å². The maximum atomic E-state index is 11.4. The molecule has 0 aromatic carbocycles. The molecule has 4 nitrogen and oxygen atoms in total. The Bertz CT molecular complexity index is 368. The van der Waals surface area contributed by atoms with E-state index in [0.29, 0.717) is 19.0 Å². The smallest absolute Gasteiger partial charge is 0.152 e. The predicted octanol–water partition coefficient (Wildman–Crippen LogP) is 1.29. The van der Waals surface area contributed by atoms with Crippen molar-refractivity contribution in [2.75, 3.05) is 31.1 Å². The second-order valence-corrected chi connectivity index (χ2v) is 8.55. The second-order valence-electron chi connectivity index (χ2n) is 6.25. The molecule has 0 spiro atoms. The minimum absolute atomic E-state index is 0.188. The fraction of sp³-hybridized carbons (Fsp3) is 1.00. The van der Waals surface area contributed by atoms with E-state index in [4.69, 9.17) is 0 Å². The average molecular weight is 289 g/mol. The third-order valence-corrected chi connectivity index (χ3v) is 6.29. The summed E-state index contributed by atoms with van der Waals surface area (Å²) in [6.07, 6.45) is 5.47. The van der Waals surface area contributed by atoms with Crippen molar-refractivity contribution >= 4 is 9.84 Å². The van der Waals surface area contributed by atoms with E-state index in [-0.39, 0.29) is 17.6 Å². The zero-order valence-corrected chi connectivity index (χ0v) is 12.7. The molecule has 1 N–H and O–H groups in total. The summed E-state index contributed by atoms with van der Waals surface area (Å²) in [5.74, 6) is 1.67. The third-order valence-electron chi connectivity index (χ3n) is 4.68. The van der Waals surface area contributed by atoms with Crippen LogP contribution in [0.5, 0.6) is 0 Å². The lowest BCUT2D eigenvalue weighted by molar-refractivity contribution is 0.0271. The van der Waals surface area contributed by atoms with E-state index in [1.807, 2.05) is 0 Å². The Labute approximate surface area is 117 Å². The van der Waals surface area contributed by atoms with Gasteiger partial charge in [0.15, 0.2) is 9.84 Å². The second kappa shape index (κ2) is 6.55. The Hall–Kier alpha value is -0.130. The van der Waals surface area contributed by atoms with Crippen LogP contribution < -0.4 is 0 Å². The molecule has 3 atom stereocenters. The molecular formula is C14H27NO3S. The Kier molecular flexibility index (Phi) is 5.26. The molecule has 2 fully saturated rings. The highest BCUT2D eigenvalue weighted by atomic mass is 32.2. The SMILES string of the molecule is CCCC1CCC(O)C(CN2CCS(=O)(=O)CC2)C1. The molecule has 112 valence electrons. The summed E-state index contributed by atoms with van der Waals surface area (Å²) >= 11 is 0. The first kappa shape index (κ1) is 15.3. The van der Waals surface area contributed by atoms with E-state index in [1.54, 1.807) is 0 Å². The molecular weight excluding hydrogens is 262 g/mol. The lowest BCUT2D eigenvalue weighted by Gasteiger charge is -2.37. The van der Waals surface area contributed by atoms with Gasteiger partial charge in [-0.2, -0.15) is 0 Å². The minimum Gasteiger partial charge on any atom is -0.393 e. The van der Waals surface area contributed by atoms with Crippen molar-refractivity contribution in [3.8, 4) is 0 Å². The fourth-order valence-corrected chi connectivity index (χ4v) is 4.75. The molecule has 2 aliphatic rings. The summed E-state index contributed by atoms with van der Waals surface area (Å²) < 4.78 is 22.8. The van der Waals surface area contributed by atoms with E-state index in [0.717, 1.165) is 31.7 Å². The molecule has 1 aliphatic heterocycles. The number of sulfone groups is 1. The van der Waals surface area contributed by atoms with Crippen LogP contribution in [0.15, 0.2) is 0 Å². The van der Waals surface area contributed by atoms with Crippen molar-refractivity contribution in [2.24, 2.45) is 11.8 Å². The van der Waals surface area contributed by atoms with Crippen LogP contribution in [0.4, 0.5) is 0 Å². The van der Waals surface area contributed by atoms with Crippen LogP contribution in [-0.2, 0) is 9.84 Å². The van der Waals surface area contributed by atoms with Gasteiger partial charge in [0.1, 0.15) is 0 Å². The standard InChI is InChI=1S/C14H27NO3S/c1-2-3-12-4-5-14(16)13(10-12)11-15-6-8-19(17,18)9-7-15/h12-14,16H,2-11H2,1H3. The Morgan fingerprint density at radius 3 is 2.53 bits per heavy atom. The van der Waals surface area contributed by atoms with Gasteiger partial charge in [-0.05, 0) is 31.1 Å². The maximum absolute atomic E-state index is 11.4. The minimum atomic E-state index is -2.79. The number of hydrogen-bond donors (Lipinski definition) is 1. The molecule has 19 heavy (non-hydrogen) atoms. The van der Waals surface area contributed by atoms with Gasteiger partial charge in [0.2, 0.25) is 0 Å². The summed E-state index contributed by atoms with van der Waals surface area (Å²) in [4.78, 5) is 2.23. The van der Waals surface area contributed by atoms with Crippen molar-refractivity contribution in [2.45, 2.75) is 45.1 Å². The lowest BCUT2D eigenvalue weighted by Crippen LogP contribution is -2.45. The third kappa shape index (κ3) is 4.43. The molecule has 1 saturated carbocycles. The molecule has 0 aromatic heterocycles.